The summed E-state index contributed by atoms with van der Waals surface area (Å²) in [5.41, 5.74) is 3.15. The average molecular weight is 273 g/mol. The number of hydrogen-bond acceptors (Lipinski definition) is 2. The molecule has 0 heterocycles. The Morgan fingerprint density at radius 1 is 1.15 bits per heavy atom. The lowest BCUT2D eigenvalue weighted by molar-refractivity contribution is -0.0145. The molecule has 1 saturated carbocycles. The van der Waals surface area contributed by atoms with Gasteiger partial charge in [-0.2, -0.15) is 0 Å². The highest BCUT2D eigenvalue weighted by molar-refractivity contribution is 5.38. The van der Waals surface area contributed by atoms with E-state index in [2.05, 4.69) is 37.4 Å². The third kappa shape index (κ3) is 3.01. The largest absolute Gasteiger partial charge is 0.487 e. The molecule has 0 bridgehead atoms. The van der Waals surface area contributed by atoms with E-state index in [9.17, 15) is 0 Å². The maximum absolute atomic E-state index is 6.41. The highest BCUT2D eigenvalue weighted by Gasteiger charge is 2.38. The van der Waals surface area contributed by atoms with Crippen molar-refractivity contribution in [3.8, 4) is 5.75 Å². The first-order chi connectivity index (χ1) is 9.67. The number of fused-ring (bicyclic) bond motifs is 1. The highest BCUT2D eigenvalue weighted by Crippen LogP contribution is 2.40. The lowest BCUT2D eigenvalue weighted by atomic mass is 9.77. The zero-order valence-electron chi connectivity index (χ0n) is 12.9. The number of nitrogens with one attached hydrogen (secondary N) is 1. The van der Waals surface area contributed by atoms with E-state index >= 15 is 0 Å². The Morgan fingerprint density at radius 3 is 2.65 bits per heavy atom. The molecule has 0 spiro atoms. The standard InChI is InChI=1S/C18H27NO/c1-14(2)19-12-11-18(9-4-10-18)20-17-8-7-15-5-3-6-16(15)13-17/h7-8,13-14,19H,3-6,9-12H2,1-2H3. The van der Waals surface area contributed by atoms with Crippen LogP contribution in [0.25, 0.3) is 0 Å². The first-order valence-electron chi connectivity index (χ1n) is 8.21. The van der Waals surface area contributed by atoms with Gasteiger partial charge in [0.15, 0.2) is 0 Å². The second-order valence-corrected chi connectivity index (χ2v) is 6.78. The maximum Gasteiger partial charge on any atom is 0.120 e. The van der Waals surface area contributed by atoms with Gasteiger partial charge in [-0.3, -0.25) is 0 Å². The Kier molecular flexibility index (Phi) is 4.02. The van der Waals surface area contributed by atoms with Crippen LogP contribution in [0.4, 0.5) is 0 Å². The van der Waals surface area contributed by atoms with Gasteiger partial charge in [0, 0.05) is 6.04 Å². The van der Waals surface area contributed by atoms with Crippen LogP contribution in [0, 0.1) is 0 Å². The van der Waals surface area contributed by atoms with Gasteiger partial charge in [0.05, 0.1) is 0 Å². The van der Waals surface area contributed by atoms with Crippen LogP contribution >= 0.6 is 0 Å². The van der Waals surface area contributed by atoms with E-state index in [1.807, 2.05) is 0 Å². The molecular weight excluding hydrogens is 246 g/mol. The lowest BCUT2D eigenvalue weighted by Crippen LogP contribution is -2.46. The minimum atomic E-state index is 0.106. The second kappa shape index (κ2) is 5.77. The van der Waals surface area contributed by atoms with Gasteiger partial charge >= 0.3 is 0 Å². The zero-order valence-corrected chi connectivity index (χ0v) is 12.9. The van der Waals surface area contributed by atoms with Gasteiger partial charge in [0.25, 0.3) is 0 Å². The lowest BCUT2D eigenvalue weighted by Gasteiger charge is -2.42. The normalized spacial score (nSPS) is 19.8. The van der Waals surface area contributed by atoms with E-state index < -0.39 is 0 Å². The van der Waals surface area contributed by atoms with Crippen molar-refractivity contribution in [3.63, 3.8) is 0 Å². The summed E-state index contributed by atoms with van der Waals surface area (Å²) in [5, 5.41) is 3.52. The van der Waals surface area contributed by atoms with E-state index in [-0.39, 0.29) is 5.60 Å². The number of ether oxygens (including phenoxy) is 1. The molecule has 0 aliphatic heterocycles. The third-order valence-electron chi connectivity index (χ3n) is 4.80. The van der Waals surface area contributed by atoms with Crippen molar-refractivity contribution in [1.82, 2.24) is 5.32 Å². The fourth-order valence-electron chi connectivity index (χ4n) is 3.42. The Balaban J connectivity index is 1.62. The summed E-state index contributed by atoms with van der Waals surface area (Å²) < 4.78 is 6.41. The maximum atomic E-state index is 6.41. The van der Waals surface area contributed by atoms with Crippen molar-refractivity contribution in [1.29, 1.82) is 0 Å². The molecule has 2 heteroatoms. The number of rotatable bonds is 6. The molecule has 1 aromatic carbocycles. The molecule has 1 N–H and O–H groups in total. The van der Waals surface area contributed by atoms with Gasteiger partial charge in [-0.1, -0.05) is 19.9 Å². The Bertz CT molecular complexity index is 462. The predicted molar refractivity (Wildman–Crippen MR) is 83.4 cm³/mol. The van der Waals surface area contributed by atoms with Gasteiger partial charge in [-0.25, -0.2) is 0 Å². The first-order valence-corrected chi connectivity index (χ1v) is 8.21. The summed E-state index contributed by atoms with van der Waals surface area (Å²) in [6.07, 6.45) is 8.65. The fraction of sp³-hybridized carbons (Fsp3) is 0.667. The monoisotopic (exact) mass is 273 g/mol. The number of aryl methyl sites for hydroxylation is 2. The molecule has 0 atom stereocenters. The Morgan fingerprint density at radius 2 is 1.95 bits per heavy atom. The van der Waals surface area contributed by atoms with Crippen molar-refractivity contribution in [3.05, 3.63) is 29.3 Å². The molecule has 0 unspecified atom stereocenters. The zero-order chi connectivity index (χ0) is 14.0. The quantitative estimate of drug-likeness (QED) is 0.849. The Hall–Kier alpha value is -1.02. The second-order valence-electron chi connectivity index (χ2n) is 6.78. The van der Waals surface area contributed by atoms with Crippen molar-refractivity contribution >= 4 is 0 Å². The smallest absolute Gasteiger partial charge is 0.120 e. The van der Waals surface area contributed by atoms with Gasteiger partial charge in [0.1, 0.15) is 11.4 Å². The molecule has 20 heavy (non-hydrogen) atoms. The fourth-order valence-corrected chi connectivity index (χ4v) is 3.42. The van der Waals surface area contributed by atoms with Crippen LogP contribution in [0.3, 0.4) is 0 Å². The summed E-state index contributed by atoms with van der Waals surface area (Å²) >= 11 is 0. The summed E-state index contributed by atoms with van der Waals surface area (Å²) in [5.74, 6) is 1.09. The molecular formula is C18H27NO. The van der Waals surface area contributed by atoms with Crippen molar-refractivity contribution < 1.29 is 4.74 Å². The van der Waals surface area contributed by atoms with Crippen LogP contribution in [0.15, 0.2) is 18.2 Å². The van der Waals surface area contributed by atoms with Crippen molar-refractivity contribution in [2.24, 2.45) is 0 Å². The first kappa shape index (κ1) is 13.9. The summed E-state index contributed by atoms with van der Waals surface area (Å²) in [7, 11) is 0. The molecule has 1 fully saturated rings. The molecule has 1 aromatic rings. The molecule has 110 valence electrons. The molecule has 2 aliphatic rings. The van der Waals surface area contributed by atoms with E-state index in [0.29, 0.717) is 6.04 Å². The van der Waals surface area contributed by atoms with E-state index in [1.54, 1.807) is 0 Å². The molecule has 0 radical (unpaired) electrons. The number of benzene rings is 1. The molecule has 0 saturated heterocycles. The molecule has 2 aliphatic carbocycles. The van der Waals surface area contributed by atoms with Gasteiger partial charge in [-0.05, 0) is 74.8 Å². The summed E-state index contributed by atoms with van der Waals surface area (Å²) in [6, 6.07) is 7.31. The minimum Gasteiger partial charge on any atom is -0.487 e. The minimum absolute atomic E-state index is 0.106. The average Bonchev–Trinajstić information content (AvgIpc) is 2.82. The third-order valence-corrected chi connectivity index (χ3v) is 4.80. The van der Waals surface area contributed by atoms with Crippen LogP contribution in [-0.4, -0.2) is 18.2 Å². The van der Waals surface area contributed by atoms with Crippen LogP contribution in [0.5, 0.6) is 5.75 Å². The molecule has 3 rings (SSSR count). The van der Waals surface area contributed by atoms with E-state index in [0.717, 1.165) is 18.7 Å². The summed E-state index contributed by atoms with van der Waals surface area (Å²) in [4.78, 5) is 0. The molecule has 0 amide bonds. The van der Waals surface area contributed by atoms with Crippen molar-refractivity contribution in [2.45, 2.75) is 70.4 Å². The van der Waals surface area contributed by atoms with Gasteiger partial charge in [-0.15, -0.1) is 0 Å². The molecule has 0 aromatic heterocycles. The van der Waals surface area contributed by atoms with Gasteiger partial charge < -0.3 is 10.1 Å². The number of hydrogen-bond donors (Lipinski definition) is 1. The van der Waals surface area contributed by atoms with E-state index in [1.165, 1.54) is 49.7 Å². The topological polar surface area (TPSA) is 21.3 Å². The van der Waals surface area contributed by atoms with Crippen LogP contribution in [0.2, 0.25) is 0 Å². The van der Waals surface area contributed by atoms with Crippen LogP contribution in [0.1, 0.15) is 57.1 Å². The van der Waals surface area contributed by atoms with Crippen LogP contribution in [-0.2, 0) is 12.8 Å². The highest BCUT2D eigenvalue weighted by atomic mass is 16.5. The summed E-state index contributed by atoms with van der Waals surface area (Å²) in [6.45, 7) is 5.46. The predicted octanol–water partition coefficient (Wildman–Crippen LogP) is 3.86. The van der Waals surface area contributed by atoms with E-state index in [4.69, 9.17) is 4.74 Å². The Labute approximate surface area is 122 Å². The van der Waals surface area contributed by atoms with Crippen LogP contribution < -0.4 is 10.1 Å². The molecule has 2 nitrogen and oxygen atoms in total. The SMILES string of the molecule is CC(C)NCCC1(Oc2ccc3c(c2)CCC3)CCC1. The van der Waals surface area contributed by atoms with Gasteiger partial charge in [0.2, 0.25) is 0 Å². The van der Waals surface area contributed by atoms with Crippen molar-refractivity contribution in [2.75, 3.05) is 6.54 Å².